The summed E-state index contributed by atoms with van der Waals surface area (Å²) >= 11 is 0. The van der Waals surface area contributed by atoms with Gasteiger partial charge in [-0.1, -0.05) is 23.4 Å². The lowest BCUT2D eigenvalue weighted by Crippen LogP contribution is -2.13. The Bertz CT molecular complexity index is 761. The van der Waals surface area contributed by atoms with Crippen LogP contribution in [-0.2, 0) is 0 Å². The first-order chi connectivity index (χ1) is 11.4. The van der Waals surface area contributed by atoms with Crippen LogP contribution in [0.2, 0.25) is 0 Å². The normalized spacial score (nSPS) is 17.3. The molecule has 1 N–H and O–H groups in total. The number of nitrogens with zero attached hydrogens (tertiary/aromatic N) is 3. The second kappa shape index (κ2) is 6.22. The molecule has 116 valence electrons. The molecular formula is C18H18N4O. The average Bonchev–Trinajstić information content (AvgIpc) is 3.28. The van der Waals surface area contributed by atoms with Gasteiger partial charge in [-0.05, 0) is 49.4 Å². The van der Waals surface area contributed by atoms with Gasteiger partial charge in [-0.3, -0.25) is 0 Å². The largest absolute Gasteiger partial charge is 0.457 e. The van der Waals surface area contributed by atoms with Gasteiger partial charge in [0, 0.05) is 12.1 Å². The molecule has 1 aliphatic rings. The maximum atomic E-state index is 5.81. The van der Waals surface area contributed by atoms with Gasteiger partial charge in [0.1, 0.15) is 17.2 Å². The highest BCUT2D eigenvalue weighted by Crippen LogP contribution is 2.25. The maximum absolute atomic E-state index is 5.81. The number of aromatic nitrogens is 3. The predicted octanol–water partition coefficient (Wildman–Crippen LogP) is 3.27. The number of ether oxygens (including phenoxy) is 1. The van der Waals surface area contributed by atoms with Crippen LogP contribution in [0.15, 0.2) is 60.8 Å². The van der Waals surface area contributed by atoms with E-state index in [0.717, 1.165) is 42.3 Å². The molecule has 5 nitrogen and oxygen atoms in total. The lowest BCUT2D eigenvalue weighted by Gasteiger charge is -2.06. The summed E-state index contributed by atoms with van der Waals surface area (Å²) in [6.07, 6.45) is 3.12. The van der Waals surface area contributed by atoms with Gasteiger partial charge in [0.25, 0.3) is 0 Å². The van der Waals surface area contributed by atoms with Crippen molar-refractivity contribution in [3.05, 3.63) is 60.8 Å². The van der Waals surface area contributed by atoms with Gasteiger partial charge in [-0.2, -0.15) is 0 Å². The van der Waals surface area contributed by atoms with Crippen molar-refractivity contribution in [3.8, 4) is 22.8 Å². The molecule has 2 heterocycles. The van der Waals surface area contributed by atoms with Crippen LogP contribution in [0, 0.1) is 0 Å². The highest BCUT2D eigenvalue weighted by atomic mass is 16.5. The monoisotopic (exact) mass is 306 g/mol. The fraction of sp³-hybridized carbons (Fsp3) is 0.222. The molecule has 0 unspecified atom stereocenters. The average molecular weight is 306 g/mol. The summed E-state index contributed by atoms with van der Waals surface area (Å²) in [5.41, 5.74) is 1.94. The Hall–Kier alpha value is -2.66. The van der Waals surface area contributed by atoms with Crippen LogP contribution < -0.4 is 10.1 Å². The van der Waals surface area contributed by atoms with E-state index in [0.29, 0.717) is 6.04 Å². The van der Waals surface area contributed by atoms with Gasteiger partial charge in [-0.15, -0.1) is 5.10 Å². The van der Waals surface area contributed by atoms with Gasteiger partial charge < -0.3 is 10.1 Å². The van der Waals surface area contributed by atoms with Crippen molar-refractivity contribution in [3.63, 3.8) is 0 Å². The topological polar surface area (TPSA) is 52.0 Å². The predicted molar refractivity (Wildman–Crippen MR) is 88.5 cm³/mol. The van der Waals surface area contributed by atoms with E-state index in [1.54, 1.807) is 0 Å². The van der Waals surface area contributed by atoms with Gasteiger partial charge >= 0.3 is 0 Å². The standard InChI is InChI=1S/C18H18N4O/c1-2-4-16(5-3-1)23-17-8-6-14(7-9-17)18-13-22(21-20-18)15-10-11-19-12-15/h1-9,13,15,19H,10-12H2/t15-/m0/s1. The summed E-state index contributed by atoms with van der Waals surface area (Å²) in [7, 11) is 0. The quantitative estimate of drug-likeness (QED) is 0.804. The Morgan fingerprint density at radius 1 is 1.00 bits per heavy atom. The van der Waals surface area contributed by atoms with Crippen LogP contribution in [-0.4, -0.2) is 28.1 Å². The van der Waals surface area contributed by atoms with Crippen molar-refractivity contribution < 1.29 is 4.74 Å². The van der Waals surface area contributed by atoms with Crippen LogP contribution in [0.4, 0.5) is 0 Å². The molecule has 1 atom stereocenters. The minimum atomic E-state index is 0.414. The molecule has 3 aromatic rings. The third-order valence-electron chi connectivity index (χ3n) is 4.05. The first-order valence-corrected chi connectivity index (χ1v) is 7.84. The summed E-state index contributed by atoms with van der Waals surface area (Å²) in [4.78, 5) is 0. The molecular weight excluding hydrogens is 288 g/mol. The number of rotatable bonds is 4. The van der Waals surface area contributed by atoms with E-state index in [1.165, 1.54) is 0 Å². The molecule has 1 aliphatic heterocycles. The van der Waals surface area contributed by atoms with E-state index in [2.05, 4.69) is 15.6 Å². The molecule has 2 aromatic carbocycles. The minimum absolute atomic E-state index is 0.414. The van der Waals surface area contributed by atoms with E-state index in [9.17, 15) is 0 Å². The number of hydrogen-bond donors (Lipinski definition) is 1. The Morgan fingerprint density at radius 3 is 2.52 bits per heavy atom. The molecule has 0 radical (unpaired) electrons. The molecule has 0 amide bonds. The van der Waals surface area contributed by atoms with Crippen LogP contribution >= 0.6 is 0 Å². The van der Waals surface area contributed by atoms with Crippen molar-refractivity contribution in [2.24, 2.45) is 0 Å². The first kappa shape index (κ1) is 14.0. The van der Waals surface area contributed by atoms with Gasteiger partial charge in [0.15, 0.2) is 0 Å². The SMILES string of the molecule is c1ccc(Oc2ccc(-c3cn([C@H]4CCNC4)nn3)cc2)cc1. The molecule has 0 aliphatic carbocycles. The highest BCUT2D eigenvalue weighted by molar-refractivity contribution is 5.58. The Balaban J connectivity index is 1.49. The lowest BCUT2D eigenvalue weighted by molar-refractivity contribution is 0.476. The van der Waals surface area contributed by atoms with Gasteiger partial charge in [-0.25, -0.2) is 4.68 Å². The molecule has 1 aromatic heterocycles. The summed E-state index contributed by atoms with van der Waals surface area (Å²) in [5.74, 6) is 1.65. The fourth-order valence-corrected chi connectivity index (χ4v) is 2.77. The number of hydrogen-bond acceptors (Lipinski definition) is 4. The number of benzene rings is 2. The zero-order chi connectivity index (χ0) is 15.5. The minimum Gasteiger partial charge on any atom is -0.457 e. The van der Waals surface area contributed by atoms with E-state index < -0.39 is 0 Å². The van der Waals surface area contributed by atoms with Crippen molar-refractivity contribution in [2.75, 3.05) is 13.1 Å². The number of para-hydroxylation sites is 1. The molecule has 23 heavy (non-hydrogen) atoms. The van der Waals surface area contributed by atoms with Gasteiger partial charge in [0.05, 0.1) is 12.2 Å². The van der Waals surface area contributed by atoms with Crippen LogP contribution in [0.25, 0.3) is 11.3 Å². The van der Waals surface area contributed by atoms with Crippen LogP contribution in [0.1, 0.15) is 12.5 Å². The van der Waals surface area contributed by atoms with Crippen molar-refractivity contribution in [2.45, 2.75) is 12.5 Å². The smallest absolute Gasteiger partial charge is 0.127 e. The van der Waals surface area contributed by atoms with E-state index in [4.69, 9.17) is 4.74 Å². The molecule has 5 heteroatoms. The van der Waals surface area contributed by atoms with Crippen LogP contribution in [0.5, 0.6) is 11.5 Å². The summed E-state index contributed by atoms with van der Waals surface area (Å²) < 4.78 is 7.77. The zero-order valence-electron chi connectivity index (χ0n) is 12.7. The molecule has 0 saturated carbocycles. The molecule has 0 spiro atoms. The fourth-order valence-electron chi connectivity index (χ4n) is 2.77. The van der Waals surface area contributed by atoms with Crippen molar-refractivity contribution in [1.29, 1.82) is 0 Å². The molecule has 1 saturated heterocycles. The zero-order valence-corrected chi connectivity index (χ0v) is 12.7. The van der Waals surface area contributed by atoms with E-state index >= 15 is 0 Å². The molecule has 4 rings (SSSR count). The Kier molecular flexibility index (Phi) is 3.78. The van der Waals surface area contributed by atoms with Crippen molar-refractivity contribution >= 4 is 0 Å². The Morgan fingerprint density at radius 2 is 1.78 bits per heavy atom. The van der Waals surface area contributed by atoms with E-state index in [-0.39, 0.29) is 0 Å². The van der Waals surface area contributed by atoms with Crippen molar-refractivity contribution in [1.82, 2.24) is 20.3 Å². The lowest BCUT2D eigenvalue weighted by atomic mass is 10.1. The summed E-state index contributed by atoms with van der Waals surface area (Å²) in [6, 6.07) is 18.1. The highest BCUT2D eigenvalue weighted by Gasteiger charge is 2.18. The Labute approximate surface area is 134 Å². The van der Waals surface area contributed by atoms with Gasteiger partial charge in [0.2, 0.25) is 0 Å². The van der Waals surface area contributed by atoms with E-state index in [1.807, 2.05) is 65.5 Å². The second-order valence-electron chi connectivity index (χ2n) is 5.67. The third kappa shape index (κ3) is 3.10. The molecule has 1 fully saturated rings. The second-order valence-corrected chi connectivity index (χ2v) is 5.67. The maximum Gasteiger partial charge on any atom is 0.127 e. The summed E-state index contributed by atoms with van der Waals surface area (Å²) in [5, 5.41) is 11.9. The molecule has 0 bridgehead atoms. The first-order valence-electron chi connectivity index (χ1n) is 7.84. The third-order valence-corrected chi connectivity index (χ3v) is 4.05. The number of nitrogens with one attached hydrogen (secondary N) is 1. The summed E-state index contributed by atoms with van der Waals surface area (Å²) in [6.45, 7) is 2.01. The van der Waals surface area contributed by atoms with Crippen LogP contribution in [0.3, 0.4) is 0 Å².